The normalized spacial score (nSPS) is 15.4. The van der Waals surface area contributed by atoms with E-state index in [1.54, 1.807) is 41.5 Å². The van der Waals surface area contributed by atoms with E-state index in [1.807, 2.05) is 30.3 Å². The standard InChI is InChI=1S/C30H28Cl3N3O2/c31-25-6-3-22(4-7-25)2-1-13-35-14-11-23-16-27(9-5-24(23)18-35)38-20-30(37,19-36-15-12-34-21-36)28-10-8-26(32)17-29(28)33/h1-10,12,15-17,21,37H,11,13-14,18-20H2. The van der Waals surface area contributed by atoms with Gasteiger partial charge in [-0.1, -0.05) is 71.2 Å². The minimum absolute atomic E-state index is 0.0208. The number of rotatable bonds is 9. The quantitative estimate of drug-likeness (QED) is 0.239. The zero-order chi connectivity index (χ0) is 26.5. The number of hydrogen-bond donors (Lipinski definition) is 1. The van der Waals surface area contributed by atoms with E-state index in [9.17, 15) is 5.11 Å². The third kappa shape index (κ3) is 6.60. The first-order valence-electron chi connectivity index (χ1n) is 12.4. The van der Waals surface area contributed by atoms with Crippen molar-refractivity contribution in [3.63, 3.8) is 0 Å². The Bertz CT molecular complexity index is 1410. The summed E-state index contributed by atoms with van der Waals surface area (Å²) in [6.45, 7) is 2.98. The first kappa shape index (κ1) is 26.8. The van der Waals surface area contributed by atoms with Crippen LogP contribution >= 0.6 is 34.8 Å². The van der Waals surface area contributed by atoms with Crippen LogP contribution in [0.4, 0.5) is 0 Å². The number of fused-ring (bicyclic) bond motifs is 1. The van der Waals surface area contributed by atoms with E-state index < -0.39 is 5.60 Å². The highest BCUT2D eigenvalue weighted by Gasteiger charge is 2.33. The van der Waals surface area contributed by atoms with Gasteiger partial charge in [0.15, 0.2) is 0 Å². The minimum Gasteiger partial charge on any atom is -0.490 e. The number of halogens is 3. The van der Waals surface area contributed by atoms with Crippen LogP contribution in [-0.2, 0) is 25.1 Å². The zero-order valence-corrected chi connectivity index (χ0v) is 23.0. The smallest absolute Gasteiger partial charge is 0.143 e. The van der Waals surface area contributed by atoms with Crippen molar-refractivity contribution in [2.24, 2.45) is 0 Å². The van der Waals surface area contributed by atoms with Gasteiger partial charge in [0.2, 0.25) is 0 Å². The highest BCUT2D eigenvalue weighted by molar-refractivity contribution is 6.35. The Hall–Kier alpha value is -2.80. The molecule has 0 radical (unpaired) electrons. The molecule has 5 nitrogen and oxygen atoms in total. The van der Waals surface area contributed by atoms with Crippen LogP contribution in [0.2, 0.25) is 15.1 Å². The average Bonchev–Trinajstić information content (AvgIpc) is 3.41. The fraction of sp³-hybridized carbons (Fsp3) is 0.233. The molecule has 1 unspecified atom stereocenters. The molecule has 0 fully saturated rings. The number of benzene rings is 3. The summed E-state index contributed by atoms with van der Waals surface area (Å²) in [5.74, 6) is 0.717. The Balaban J connectivity index is 1.24. The Kier molecular flexibility index (Phi) is 8.42. The van der Waals surface area contributed by atoms with Crippen LogP contribution in [-0.4, -0.2) is 39.3 Å². The predicted octanol–water partition coefficient (Wildman–Crippen LogP) is 6.88. The van der Waals surface area contributed by atoms with Gasteiger partial charge >= 0.3 is 0 Å². The third-order valence-corrected chi connectivity index (χ3v) is 7.53. The molecule has 5 rings (SSSR count). The molecule has 4 aromatic rings. The van der Waals surface area contributed by atoms with Crippen molar-refractivity contribution >= 4 is 40.9 Å². The average molecular weight is 569 g/mol. The van der Waals surface area contributed by atoms with Gasteiger partial charge in [0.05, 0.1) is 12.9 Å². The number of aromatic nitrogens is 2. The molecule has 3 aromatic carbocycles. The topological polar surface area (TPSA) is 50.5 Å². The number of ether oxygens (including phenoxy) is 1. The van der Waals surface area contributed by atoms with Crippen LogP contribution in [0.25, 0.3) is 6.08 Å². The molecule has 1 aliphatic rings. The van der Waals surface area contributed by atoms with Gasteiger partial charge in [0, 0.05) is 52.7 Å². The summed E-state index contributed by atoms with van der Waals surface area (Å²) < 4.78 is 7.97. The van der Waals surface area contributed by atoms with Crippen LogP contribution in [0, 0.1) is 0 Å². The lowest BCUT2D eigenvalue weighted by Gasteiger charge is -2.31. The van der Waals surface area contributed by atoms with E-state index in [2.05, 4.69) is 34.2 Å². The molecule has 1 aliphatic heterocycles. The number of nitrogens with zero attached hydrogens (tertiary/aromatic N) is 3. The molecule has 38 heavy (non-hydrogen) atoms. The molecule has 0 bridgehead atoms. The largest absolute Gasteiger partial charge is 0.490 e. The van der Waals surface area contributed by atoms with Crippen molar-refractivity contribution in [1.82, 2.24) is 14.5 Å². The monoisotopic (exact) mass is 567 g/mol. The number of hydrogen-bond acceptors (Lipinski definition) is 4. The van der Waals surface area contributed by atoms with Crippen LogP contribution < -0.4 is 4.74 Å². The van der Waals surface area contributed by atoms with E-state index in [0.29, 0.717) is 21.4 Å². The molecular weight excluding hydrogens is 541 g/mol. The Morgan fingerprint density at radius 3 is 2.55 bits per heavy atom. The summed E-state index contributed by atoms with van der Waals surface area (Å²) in [6, 6.07) is 19.1. The summed E-state index contributed by atoms with van der Waals surface area (Å²) in [6.07, 6.45) is 10.4. The molecule has 0 aliphatic carbocycles. The van der Waals surface area contributed by atoms with Crippen LogP contribution in [0.15, 0.2) is 85.5 Å². The van der Waals surface area contributed by atoms with E-state index in [-0.39, 0.29) is 13.2 Å². The van der Waals surface area contributed by atoms with Crippen LogP contribution in [0.1, 0.15) is 22.3 Å². The van der Waals surface area contributed by atoms with Gasteiger partial charge in [0.1, 0.15) is 18.0 Å². The van der Waals surface area contributed by atoms with E-state index in [0.717, 1.165) is 36.6 Å². The van der Waals surface area contributed by atoms with Crippen molar-refractivity contribution in [3.8, 4) is 5.75 Å². The van der Waals surface area contributed by atoms with Crippen molar-refractivity contribution in [1.29, 1.82) is 0 Å². The molecule has 2 heterocycles. The van der Waals surface area contributed by atoms with Crippen molar-refractivity contribution < 1.29 is 9.84 Å². The second-order valence-corrected chi connectivity index (χ2v) is 10.8. The predicted molar refractivity (Wildman–Crippen MR) is 154 cm³/mol. The Morgan fingerprint density at radius 2 is 1.79 bits per heavy atom. The lowest BCUT2D eigenvalue weighted by molar-refractivity contribution is -0.0243. The van der Waals surface area contributed by atoms with Crippen molar-refractivity contribution in [2.75, 3.05) is 19.7 Å². The van der Waals surface area contributed by atoms with Gasteiger partial charge < -0.3 is 14.4 Å². The van der Waals surface area contributed by atoms with Crippen molar-refractivity contribution in [3.05, 3.63) is 123 Å². The zero-order valence-electron chi connectivity index (χ0n) is 20.7. The van der Waals surface area contributed by atoms with Gasteiger partial charge in [-0.25, -0.2) is 4.98 Å². The maximum Gasteiger partial charge on any atom is 0.143 e. The van der Waals surface area contributed by atoms with Gasteiger partial charge in [0.25, 0.3) is 0 Å². The summed E-state index contributed by atoms with van der Waals surface area (Å²) in [5, 5.41) is 13.4. The van der Waals surface area contributed by atoms with Gasteiger partial charge in [-0.3, -0.25) is 4.90 Å². The highest BCUT2D eigenvalue weighted by Crippen LogP contribution is 2.33. The SMILES string of the molecule is OC(COc1ccc2c(c1)CCN(CC=Cc1ccc(Cl)cc1)C2)(Cn1ccnc1)c1ccc(Cl)cc1Cl. The van der Waals surface area contributed by atoms with E-state index >= 15 is 0 Å². The second kappa shape index (κ2) is 11.9. The molecule has 0 spiro atoms. The van der Waals surface area contributed by atoms with Crippen LogP contribution in [0.5, 0.6) is 5.75 Å². The fourth-order valence-electron chi connectivity index (χ4n) is 4.71. The Labute approximate surface area is 237 Å². The molecule has 0 saturated heterocycles. The molecule has 196 valence electrons. The van der Waals surface area contributed by atoms with Crippen LogP contribution in [0.3, 0.4) is 0 Å². The maximum atomic E-state index is 11.7. The first-order chi connectivity index (χ1) is 18.4. The van der Waals surface area contributed by atoms with E-state index in [4.69, 9.17) is 39.5 Å². The lowest BCUT2D eigenvalue weighted by atomic mass is 9.94. The van der Waals surface area contributed by atoms with Gasteiger partial charge in [-0.2, -0.15) is 0 Å². The summed E-state index contributed by atoms with van der Waals surface area (Å²) in [4.78, 5) is 6.51. The third-order valence-electron chi connectivity index (χ3n) is 6.73. The highest BCUT2D eigenvalue weighted by atomic mass is 35.5. The lowest BCUT2D eigenvalue weighted by Crippen LogP contribution is -2.38. The Morgan fingerprint density at radius 1 is 0.974 bits per heavy atom. The molecule has 0 saturated carbocycles. The molecule has 0 amide bonds. The molecule has 1 aromatic heterocycles. The summed E-state index contributed by atoms with van der Waals surface area (Å²) >= 11 is 18.5. The molecule has 8 heteroatoms. The van der Waals surface area contributed by atoms with Gasteiger partial charge in [-0.05, 0) is 59.5 Å². The minimum atomic E-state index is -1.38. The van der Waals surface area contributed by atoms with Crippen molar-refractivity contribution in [2.45, 2.75) is 25.1 Å². The molecule has 1 atom stereocenters. The molecule has 1 N–H and O–H groups in total. The number of imidazole rings is 1. The summed E-state index contributed by atoms with van der Waals surface area (Å²) in [5.41, 5.74) is 2.87. The maximum absolute atomic E-state index is 11.7. The summed E-state index contributed by atoms with van der Waals surface area (Å²) in [7, 11) is 0. The van der Waals surface area contributed by atoms with E-state index in [1.165, 1.54) is 11.1 Å². The first-order valence-corrected chi connectivity index (χ1v) is 13.5. The molecular formula is C30H28Cl3N3O2. The second-order valence-electron chi connectivity index (χ2n) is 9.55. The number of aliphatic hydroxyl groups is 1. The fourth-order valence-corrected chi connectivity index (χ4v) is 5.42. The van der Waals surface area contributed by atoms with Gasteiger partial charge in [-0.15, -0.1) is 0 Å².